The highest BCUT2D eigenvalue weighted by molar-refractivity contribution is 6.00. The molecule has 2 aromatic carbocycles. The van der Waals surface area contributed by atoms with Gasteiger partial charge in [-0.15, -0.1) is 0 Å². The fraction of sp³-hybridized carbons (Fsp3) is 0. The molecule has 0 unspecified atom stereocenters. The second-order valence-electron chi connectivity index (χ2n) is 4.08. The van der Waals surface area contributed by atoms with Crippen LogP contribution in [-0.4, -0.2) is 15.8 Å². The Bertz CT molecular complexity index is 714. The molecule has 0 saturated carbocycles. The van der Waals surface area contributed by atoms with Crippen LogP contribution in [0.5, 0.6) is 0 Å². The molecule has 3 nitrogen and oxygen atoms in total. The molecule has 1 heterocycles. The van der Waals surface area contributed by atoms with E-state index in [0.29, 0.717) is 5.52 Å². The molecule has 88 valence electrons. The molecule has 3 heteroatoms. The summed E-state index contributed by atoms with van der Waals surface area (Å²) in [5.41, 5.74) is 2.67. The fourth-order valence-corrected chi connectivity index (χ4v) is 2.19. The van der Waals surface area contributed by atoms with Gasteiger partial charge in [0.1, 0.15) is 0 Å². The van der Waals surface area contributed by atoms with Crippen LogP contribution in [-0.2, 0) is 0 Å². The van der Waals surface area contributed by atoms with Gasteiger partial charge in [0.25, 0.3) is 0 Å². The molecule has 1 N–H and O–H groups in total. The minimum absolute atomic E-state index is 0.712. The molecule has 0 spiro atoms. The summed E-state index contributed by atoms with van der Waals surface area (Å²) >= 11 is 0. The molecule has 0 radical (unpaired) electrons. The molecule has 0 amide bonds. The third-order valence-corrected chi connectivity index (χ3v) is 3.00. The molecular formula is C15H11NO2. The van der Waals surface area contributed by atoms with Gasteiger partial charge in [-0.3, -0.25) is 4.57 Å². The molecule has 0 aliphatic heterocycles. The van der Waals surface area contributed by atoms with Gasteiger partial charge in [-0.25, -0.2) is 4.79 Å². The summed E-state index contributed by atoms with van der Waals surface area (Å²) in [5, 5.41) is 10.2. The maximum atomic E-state index is 11.2. The number of benzene rings is 2. The van der Waals surface area contributed by atoms with E-state index in [1.54, 1.807) is 6.20 Å². The van der Waals surface area contributed by atoms with Crippen LogP contribution in [0.3, 0.4) is 0 Å². The lowest BCUT2D eigenvalue weighted by Crippen LogP contribution is -2.05. The van der Waals surface area contributed by atoms with Crippen molar-refractivity contribution in [2.24, 2.45) is 0 Å². The predicted octanol–water partition coefficient (Wildman–Crippen LogP) is 3.83. The largest absolute Gasteiger partial charge is 0.464 e. The van der Waals surface area contributed by atoms with Crippen LogP contribution in [0.25, 0.3) is 22.0 Å². The lowest BCUT2D eigenvalue weighted by atomic mass is 10.1. The van der Waals surface area contributed by atoms with Crippen LogP contribution in [0.1, 0.15) is 0 Å². The van der Waals surface area contributed by atoms with E-state index in [-0.39, 0.29) is 0 Å². The van der Waals surface area contributed by atoms with Gasteiger partial charge in [0, 0.05) is 17.1 Å². The molecule has 0 aliphatic carbocycles. The van der Waals surface area contributed by atoms with Crippen LogP contribution in [0.4, 0.5) is 4.79 Å². The smallest absolute Gasteiger partial charge is 0.416 e. The van der Waals surface area contributed by atoms with Crippen LogP contribution in [0, 0.1) is 0 Å². The van der Waals surface area contributed by atoms with Gasteiger partial charge in [-0.2, -0.15) is 0 Å². The van der Waals surface area contributed by atoms with Crippen LogP contribution in [0.15, 0.2) is 60.8 Å². The summed E-state index contributed by atoms with van der Waals surface area (Å²) < 4.78 is 1.26. The number of rotatable bonds is 1. The quantitative estimate of drug-likeness (QED) is 0.698. The topological polar surface area (TPSA) is 42.2 Å². The molecule has 0 atom stereocenters. The zero-order valence-electron chi connectivity index (χ0n) is 9.58. The average molecular weight is 237 g/mol. The predicted molar refractivity (Wildman–Crippen MR) is 70.8 cm³/mol. The van der Waals surface area contributed by atoms with Crippen molar-refractivity contribution in [1.29, 1.82) is 0 Å². The molecule has 0 saturated heterocycles. The molecule has 1 aromatic heterocycles. The Kier molecular flexibility index (Phi) is 2.38. The van der Waals surface area contributed by atoms with Crippen molar-refractivity contribution in [3.63, 3.8) is 0 Å². The first kappa shape index (κ1) is 10.6. The van der Waals surface area contributed by atoms with E-state index in [9.17, 15) is 9.90 Å². The van der Waals surface area contributed by atoms with Crippen LogP contribution in [0.2, 0.25) is 0 Å². The van der Waals surface area contributed by atoms with Gasteiger partial charge < -0.3 is 5.11 Å². The van der Waals surface area contributed by atoms with Crippen LogP contribution >= 0.6 is 0 Å². The molecule has 18 heavy (non-hydrogen) atoms. The average Bonchev–Trinajstić information content (AvgIpc) is 2.79. The number of nitrogens with zero attached hydrogens (tertiary/aromatic N) is 1. The summed E-state index contributed by atoms with van der Waals surface area (Å²) in [6, 6.07) is 17.3. The third kappa shape index (κ3) is 1.57. The summed E-state index contributed by atoms with van der Waals surface area (Å²) in [7, 11) is 0. The zero-order valence-corrected chi connectivity index (χ0v) is 9.58. The standard InChI is InChI=1S/C15H11NO2/c17-15(18)16-10-13(11-6-2-1-3-7-11)12-8-4-5-9-14(12)16/h1-10H,(H,17,18). The molecule has 0 aliphatic rings. The van der Waals surface area contributed by atoms with Crippen molar-refractivity contribution in [3.8, 4) is 11.1 Å². The normalized spacial score (nSPS) is 10.7. The Morgan fingerprint density at radius 2 is 1.61 bits per heavy atom. The SMILES string of the molecule is O=C(O)n1cc(-c2ccccc2)c2ccccc21. The number of hydrogen-bond donors (Lipinski definition) is 1. The number of hydrogen-bond acceptors (Lipinski definition) is 1. The van der Waals surface area contributed by atoms with E-state index in [1.807, 2.05) is 54.6 Å². The summed E-state index contributed by atoms with van der Waals surface area (Å²) in [6.45, 7) is 0. The van der Waals surface area contributed by atoms with E-state index in [1.165, 1.54) is 4.57 Å². The molecular weight excluding hydrogens is 226 g/mol. The number of fused-ring (bicyclic) bond motifs is 1. The molecule has 0 bridgehead atoms. The highest BCUT2D eigenvalue weighted by atomic mass is 16.4. The Labute approximate surface area is 104 Å². The van der Waals surface area contributed by atoms with Crippen molar-refractivity contribution in [2.75, 3.05) is 0 Å². The zero-order chi connectivity index (χ0) is 12.5. The van der Waals surface area contributed by atoms with E-state index < -0.39 is 6.09 Å². The molecule has 0 fully saturated rings. The number of aromatic nitrogens is 1. The van der Waals surface area contributed by atoms with Gasteiger partial charge in [0.2, 0.25) is 0 Å². The number of carboxylic acid groups (broad SMARTS) is 1. The first-order chi connectivity index (χ1) is 8.77. The van der Waals surface area contributed by atoms with Crippen LogP contribution < -0.4 is 0 Å². The van der Waals surface area contributed by atoms with Crippen molar-refractivity contribution < 1.29 is 9.90 Å². The number of para-hydroxylation sites is 1. The molecule has 3 rings (SSSR count). The van der Waals surface area contributed by atoms with E-state index >= 15 is 0 Å². The van der Waals surface area contributed by atoms with E-state index in [2.05, 4.69) is 0 Å². The third-order valence-electron chi connectivity index (χ3n) is 3.00. The van der Waals surface area contributed by atoms with Gasteiger partial charge in [-0.1, -0.05) is 48.5 Å². The lowest BCUT2D eigenvalue weighted by molar-refractivity contribution is 0.197. The highest BCUT2D eigenvalue weighted by Crippen LogP contribution is 2.30. The highest BCUT2D eigenvalue weighted by Gasteiger charge is 2.12. The second kappa shape index (κ2) is 4.04. The fourth-order valence-electron chi connectivity index (χ4n) is 2.19. The summed E-state index contributed by atoms with van der Waals surface area (Å²) in [5.74, 6) is 0. The summed E-state index contributed by atoms with van der Waals surface area (Å²) in [6.07, 6.45) is 0.705. The first-order valence-electron chi connectivity index (χ1n) is 5.66. The monoisotopic (exact) mass is 237 g/mol. The Morgan fingerprint density at radius 3 is 2.33 bits per heavy atom. The van der Waals surface area contributed by atoms with Gasteiger partial charge >= 0.3 is 6.09 Å². The van der Waals surface area contributed by atoms with Gasteiger partial charge in [0.15, 0.2) is 0 Å². The Morgan fingerprint density at radius 1 is 0.944 bits per heavy atom. The lowest BCUT2D eigenvalue weighted by Gasteiger charge is -1.97. The molecule has 3 aromatic rings. The van der Waals surface area contributed by atoms with E-state index in [0.717, 1.165) is 16.5 Å². The summed E-state index contributed by atoms with van der Waals surface area (Å²) in [4.78, 5) is 11.2. The second-order valence-corrected chi connectivity index (χ2v) is 4.08. The maximum absolute atomic E-state index is 11.2. The maximum Gasteiger partial charge on any atom is 0.416 e. The minimum Gasteiger partial charge on any atom is -0.464 e. The van der Waals surface area contributed by atoms with Crippen molar-refractivity contribution in [1.82, 2.24) is 4.57 Å². The minimum atomic E-state index is -0.964. The Hall–Kier alpha value is -2.55. The first-order valence-corrected chi connectivity index (χ1v) is 5.66. The van der Waals surface area contributed by atoms with Crippen molar-refractivity contribution >= 4 is 17.0 Å². The van der Waals surface area contributed by atoms with Crippen molar-refractivity contribution in [3.05, 3.63) is 60.8 Å². The van der Waals surface area contributed by atoms with Gasteiger partial charge in [0.05, 0.1) is 5.52 Å². The van der Waals surface area contributed by atoms with Gasteiger partial charge in [-0.05, 0) is 11.6 Å². The van der Waals surface area contributed by atoms with Crippen molar-refractivity contribution in [2.45, 2.75) is 0 Å². The number of carbonyl (C=O) groups is 1. The Balaban J connectivity index is 2.34. The van der Waals surface area contributed by atoms with E-state index in [4.69, 9.17) is 0 Å².